The quantitative estimate of drug-likeness (QED) is 0.279. The van der Waals surface area contributed by atoms with Crippen LogP contribution in [0, 0.1) is 6.92 Å². The lowest BCUT2D eigenvalue weighted by Crippen LogP contribution is -2.41. The van der Waals surface area contributed by atoms with E-state index >= 15 is 0 Å². The molecule has 1 amide bonds. The zero-order valence-corrected chi connectivity index (χ0v) is 22.8. The zero-order valence-electron chi connectivity index (χ0n) is 20.4. The second kappa shape index (κ2) is 13.6. The van der Waals surface area contributed by atoms with Gasteiger partial charge in [0, 0.05) is 17.3 Å². The van der Waals surface area contributed by atoms with Crippen LogP contribution in [0.15, 0.2) is 77.7 Å². The van der Waals surface area contributed by atoms with E-state index in [1.807, 2.05) is 38.1 Å². The number of nitrogens with zero attached hydrogens (tertiary/aromatic N) is 1. The van der Waals surface area contributed by atoms with Crippen LogP contribution in [0.2, 0.25) is 5.02 Å². The van der Waals surface area contributed by atoms with Crippen LogP contribution in [-0.4, -0.2) is 39.8 Å². The number of halogens is 1. The van der Waals surface area contributed by atoms with Gasteiger partial charge in [-0.15, -0.1) is 0 Å². The molecule has 0 aromatic heterocycles. The first kappa shape index (κ1) is 27.9. The van der Waals surface area contributed by atoms with Crippen LogP contribution in [0.4, 0.5) is 5.69 Å². The number of benzene rings is 3. The number of rotatable bonds is 13. The third-order valence-corrected chi connectivity index (χ3v) is 8.46. The maximum absolute atomic E-state index is 13.5. The second-order valence-electron chi connectivity index (χ2n) is 8.13. The van der Waals surface area contributed by atoms with Crippen molar-refractivity contribution in [2.75, 3.05) is 29.8 Å². The number of aryl methyl sites for hydroxylation is 1. The molecule has 6 nitrogen and oxygen atoms in total. The molecule has 1 N–H and O–H groups in total. The summed E-state index contributed by atoms with van der Waals surface area (Å²) in [4.78, 5) is 12.9. The summed E-state index contributed by atoms with van der Waals surface area (Å²) < 4.78 is 33.5. The van der Waals surface area contributed by atoms with Gasteiger partial charge in [0.05, 0.1) is 17.2 Å². The van der Waals surface area contributed by atoms with E-state index in [2.05, 4.69) is 5.32 Å². The van der Waals surface area contributed by atoms with E-state index in [4.69, 9.17) is 16.3 Å². The van der Waals surface area contributed by atoms with Crippen molar-refractivity contribution in [3.05, 3.63) is 88.9 Å². The number of hydrogen-bond donors (Lipinski definition) is 1. The number of carbonyl (C=O) groups excluding carboxylic acids is 1. The standard InChI is InChI=1S/C27H31ClN2O4S2/c1-3-34-25-13-11-24(12-14-25)30(36(32,33)26-15-5-21(2)6-16-26)19-27(31)29-17-4-18-35-20-22-7-9-23(28)10-8-22/h5-16H,3-4,17-20H2,1-2H3,(H,29,31). The van der Waals surface area contributed by atoms with E-state index < -0.39 is 10.0 Å². The molecule has 0 aliphatic rings. The molecule has 9 heteroatoms. The van der Waals surface area contributed by atoms with Gasteiger partial charge in [-0.05, 0) is 80.1 Å². The van der Waals surface area contributed by atoms with Crippen LogP contribution in [0.1, 0.15) is 24.5 Å². The number of hydrogen-bond acceptors (Lipinski definition) is 5. The maximum atomic E-state index is 13.5. The Balaban J connectivity index is 1.60. The van der Waals surface area contributed by atoms with Gasteiger partial charge in [0.25, 0.3) is 10.0 Å². The Morgan fingerprint density at radius 3 is 2.31 bits per heavy atom. The Kier molecular flexibility index (Phi) is 10.5. The van der Waals surface area contributed by atoms with E-state index in [9.17, 15) is 13.2 Å². The molecule has 3 aromatic rings. The number of thioether (sulfide) groups is 1. The van der Waals surface area contributed by atoms with Crippen LogP contribution < -0.4 is 14.4 Å². The first-order valence-corrected chi connectivity index (χ1v) is 14.7. The summed E-state index contributed by atoms with van der Waals surface area (Å²) in [5.41, 5.74) is 2.54. The first-order chi connectivity index (χ1) is 17.3. The van der Waals surface area contributed by atoms with E-state index in [0.29, 0.717) is 24.6 Å². The smallest absolute Gasteiger partial charge is 0.264 e. The highest BCUT2D eigenvalue weighted by atomic mass is 35.5. The van der Waals surface area contributed by atoms with Crippen molar-refractivity contribution in [2.45, 2.75) is 30.9 Å². The highest BCUT2D eigenvalue weighted by Gasteiger charge is 2.27. The largest absolute Gasteiger partial charge is 0.494 e. The number of nitrogens with one attached hydrogen (secondary N) is 1. The summed E-state index contributed by atoms with van der Waals surface area (Å²) >= 11 is 7.68. The lowest BCUT2D eigenvalue weighted by molar-refractivity contribution is -0.119. The lowest BCUT2D eigenvalue weighted by atomic mass is 10.2. The van der Waals surface area contributed by atoms with Crippen LogP contribution >= 0.6 is 23.4 Å². The van der Waals surface area contributed by atoms with Crippen LogP contribution in [0.25, 0.3) is 0 Å². The zero-order chi connectivity index (χ0) is 26.0. The van der Waals surface area contributed by atoms with Crippen molar-refractivity contribution in [3.8, 4) is 5.75 Å². The fraction of sp³-hybridized carbons (Fsp3) is 0.296. The molecule has 0 unspecified atom stereocenters. The highest BCUT2D eigenvalue weighted by Crippen LogP contribution is 2.26. The summed E-state index contributed by atoms with van der Waals surface area (Å²) in [5, 5.41) is 3.57. The average molecular weight is 547 g/mol. The monoisotopic (exact) mass is 546 g/mol. The Morgan fingerprint density at radius 1 is 1.00 bits per heavy atom. The summed E-state index contributed by atoms with van der Waals surface area (Å²) in [6.45, 7) is 4.42. The van der Waals surface area contributed by atoms with Gasteiger partial charge in [-0.3, -0.25) is 9.10 Å². The molecule has 0 saturated carbocycles. The van der Waals surface area contributed by atoms with Gasteiger partial charge in [-0.1, -0.05) is 41.4 Å². The Labute approximate surface area is 223 Å². The Morgan fingerprint density at radius 2 is 1.67 bits per heavy atom. The predicted molar refractivity (Wildman–Crippen MR) is 149 cm³/mol. The molecule has 36 heavy (non-hydrogen) atoms. The topological polar surface area (TPSA) is 75.7 Å². The van der Waals surface area contributed by atoms with Crippen molar-refractivity contribution in [1.29, 1.82) is 0 Å². The number of carbonyl (C=O) groups is 1. The minimum Gasteiger partial charge on any atom is -0.494 e. The highest BCUT2D eigenvalue weighted by molar-refractivity contribution is 7.98. The summed E-state index contributed by atoms with van der Waals surface area (Å²) in [7, 11) is -3.95. The maximum Gasteiger partial charge on any atom is 0.264 e. The minimum absolute atomic E-state index is 0.133. The molecule has 0 fully saturated rings. The number of anilines is 1. The van der Waals surface area contributed by atoms with Gasteiger partial charge >= 0.3 is 0 Å². The van der Waals surface area contributed by atoms with Crippen LogP contribution in [0.5, 0.6) is 5.75 Å². The summed E-state index contributed by atoms with van der Waals surface area (Å²) in [5.74, 6) is 2.01. The average Bonchev–Trinajstić information content (AvgIpc) is 2.87. The van der Waals surface area contributed by atoms with Gasteiger partial charge in [0.2, 0.25) is 5.91 Å². The molecule has 3 aromatic carbocycles. The molecule has 0 atom stereocenters. The van der Waals surface area contributed by atoms with E-state index in [1.165, 1.54) is 5.56 Å². The van der Waals surface area contributed by atoms with Gasteiger partial charge in [0.15, 0.2) is 0 Å². The van der Waals surface area contributed by atoms with E-state index in [1.54, 1.807) is 60.3 Å². The van der Waals surface area contributed by atoms with Gasteiger partial charge in [0.1, 0.15) is 12.3 Å². The molecule has 0 saturated heterocycles. The minimum atomic E-state index is -3.95. The number of amides is 1. The molecule has 0 bridgehead atoms. The van der Waals surface area contributed by atoms with E-state index in [0.717, 1.165) is 32.8 Å². The number of ether oxygens (including phenoxy) is 1. The predicted octanol–water partition coefficient (Wildman–Crippen LogP) is 5.68. The summed E-state index contributed by atoms with van der Waals surface area (Å²) in [6, 6.07) is 21.0. The van der Waals surface area contributed by atoms with Gasteiger partial charge in [-0.25, -0.2) is 8.42 Å². The Bertz CT molecular complexity index is 1220. The second-order valence-corrected chi connectivity index (χ2v) is 11.5. The molecule has 0 aliphatic heterocycles. The van der Waals surface area contributed by atoms with Crippen molar-refractivity contribution in [2.24, 2.45) is 0 Å². The van der Waals surface area contributed by atoms with Crippen molar-refractivity contribution in [3.63, 3.8) is 0 Å². The molecule has 0 heterocycles. The SMILES string of the molecule is CCOc1ccc(N(CC(=O)NCCCSCc2ccc(Cl)cc2)S(=O)(=O)c2ccc(C)cc2)cc1. The Hall–Kier alpha value is -2.68. The van der Waals surface area contributed by atoms with Crippen LogP contribution in [0.3, 0.4) is 0 Å². The normalized spacial score (nSPS) is 11.2. The van der Waals surface area contributed by atoms with Gasteiger partial charge < -0.3 is 10.1 Å². The lowest BCUT2D eigenvalue weighted by Gasteiger charge is -2.24. The van der Waals surface area contributed by atoms with Crippen molar-refractivity contribution < 1.29 is 17.9 Å². The third kappa shape index (κ3) is 8.18. The molecular formula is C27H31ClN2O4S2. The fourth-order valence-corrected chi connectivity index (χ4v) is 5.85. The summed E-state index contributed by atoms with van der Waals surface area (Å²) in [6.07, 6.45) is 0.776. The fourth-order valence-electron chi connectivity index (χ4n) is 3.39. The molecular weight excluding hydrogens is 516 g/mol. The van der Waals surface area contributed by atoms with Gasteiger partial charge in [-0.2, -0.15) is 11.8 Å². The molecule has 3 rings (SSSR count). The molecule has 192 valence electrons. The number of sulfonamides is 1. The van der Waals surface area contributed by atoms with E-state index in [-0.39, 0.29) is 17.3 Å². The first-order valence-electron chi connectivity index (χ1n) is 11.7. The molecule has 0 spiro atoms. The molecule has 0 radical (unpaired) electrons. The molecule has 0 aliphatic carbocycles. The van der Waals surface area contributed by atoms with Crippen molar-refractivity contribution in [1.82, 2.24) is 5.32 Å². The van der Waals surface area contributed by atoms with Crippen LogP contribution in [-0.2, 0) is 20.6 Å². The third-order valence-electron chi connectivity index (χ3n) is 5.30. The van der Waals surface area contributed by atoms with Crippen molar-refractivity contribution >= 4 is 45.0 Å².